The molecule has 5 nitrogen and oxygen atoms in total. The SMILES string of the molecule is Cc1ccccc1-n1cc(C(=O)NCC2CCCC2O)cn1. The number of hydrogen-bond donors (Lipinski definition) is 2. The lowest BCUT2D eigenvalue weighted by Crippen LogP contribution is -2.32. The smallest absolute Gasteiger partial charge is 0.254 e. The first-order valence-corrected chi connectivity index (χ1v) is 7.72. The summed E-state index contributed by atoms with van der Waals surface area (Å²) < 4.78 is 1.72. The van der Waals surface area contributed by atoms with Gasteiger partial charge in [-0.1, -0.05) is 24.6 Å². The minimum Gasteiger partial charge on any atom is -0.393 e. The van der Waals surface area contributed by atoms with Crippen LogP contribution in [0.15, 0.2) is 36.7 Å². The highest BCUT2D eigenvalue weighted by atomic mass is 16.3. The van der Waals surface area contributed by atoms with Crippen LogP contribution < -0.4 is 5.32 Å². The number of rotatable bonds is 4. The van der Waals surface area contributed by atoms with Crippen molar-refractivity contribution in [1.29, 1.82) is 0 Å². The summed E-state index contributed by atoms with van der Waals surface area (Å²) in [6.07, 6.45) is 5.88. The minimum absolute atomic E-state index is 0.140. The topological polar surface area (TPSA) is 67.2 Å². The number of nitrogens with zero attached hydrogens (tertiary/aromatic N) is 2. The molecule has 2 aromatic rings. The van der Waals surface area contributed by atoms with Crippen molar-refractivity contribution >= 4 is 5.91 Å². The van der Waals surface area contributed by atoms with Crippen LogP contribution >= 0.6 is 0 Å². The van der Waals surface area contributed by atoms with Crippen molar-refractivity contribution in [3.63, 3.8) is 0 Å². The molecular weight excluding hydrogens is 278 g/mol. The molecule has 116 valence electrons. The van der Waals surface area contributed by atoms with Crippen LogP contribution in [0.5, 0.6) is 0 Å². The lowest BCUT2D eigenvalue weighted by atomic mass is 10.1. The van der Waals surface area contributed by atoms with Crippen molar-refractivity contribution in [2.45, 2.75) is 32.3 Å². The van der Waals surface area contributed by atoms with Gasteiger partial charge in [-0.3, -0.25) is 4.79 Å². The Bertz CT molecular complexity index is 665. The van der Waals surface area contributed by atoms with Gasteiger partial charge >= 0.3 is 0 Å². The summed E-state index contributed by atoms with van der Waals surface area (Å²) in [5.41, 5.74) is 2.61. The van der Waals surface area contributed by atoms with Gasteiger partial charge < -0.3 is 10.4 Å². The molecule has 2 atom stereocenters. The van der Waals surface area contributed by atoms with Crippen molar-refractivity contribution in [1.82, 2.24) is 15.1 Å². The molecule has 0 spiro atoms. The Morgan fingerprint density at radius 1 is 1.41 bits per heavy atom. The summed E-state index contributed by atoms with van der Waals surface area (Å²) in [6.45, 7) is 2.54. The van der Waals surface area contributed by atoms with Crippen LogP contribution in [0.25, 0.3) is 5.69 Å². The second kappa shape index (κ2) is 6.32. The van der Waals surface area contributed by atoms with E-state index in [-0.39, 0.29) is 17.9 Å². The molecule has 1 aliphatic carbocycles. The molecule has 0 bridgehead atoms. The predicted octanol–water partition coefficient (Wildman–Crippen LogP) is 2.07. The Morgan fingerprint density at radius 3 is 2.95 bits per heavy atom. The molecule has 0 radical (unpaired) electrons. The van der Waals surface area contributed by atoms with Crippen LogP contribution in [0.1, 0.15) is 35.2 Å². The Hall–Kier alpha value is -2.14. The van der Waals surface area contributed by atoms with E-state index in [0.29, 0.717) is 12.1 Å². The molecule has 1 aromatic carbocycles. The average Bonchev–Trinajstić information content (AvgIpc) is 3.14. The first-order valence-electron chi connectivity index (χ1n) is 7.72. The van der Waals surface area contributed by atoms with Gasteiger partial charge in [0.15, 0.2) is 0 Å². The second-order valence-corrected chi connectivity index (χ2v) is 5.93. The van der Waals surface area contributed by atoms with E-state index in [0.717, 1.165) is 30.5 Å². The number of aromatic nitrogens is 2. The maximum atomic E-state index is 12.2. The van der Waals surface area contributed by atoms with Crippen molar-refractivity contribution in [2.75, 3.05) is 6.54 Å². The van der Waals surface area contributed by atoms with E-state index in [4.69, 9.17) is 0 Å². The molecule has 1 aliphatic rings. The Kier molecular flexibility index (Phi) is 4.24. The zero-order valence-corrected chi connectivity index (χ0v) is 12.7. The van der Waals surface area contributed by atoms with Crippen LogP contribution in [0.4, 0.5) is 0 Å². The molecule has 1 amide bonds. The van der Waals surface area contributed by atoms with E-state index in [1.165, 1.54) is 0 Å². The molecule has 22 heavy (non-hydrogen) atoms. The molecule has 0 aliphatic heterocycles. The van der Waals surface area contributed by atoms with Gasteiger partial charge in [0.1, 0.15) is 0 Å². The maximum absolute atomic E-state index is 12.2. The molecule has 1 fully saturated rings. The third-order valence-electron chi connectivity index (χ3n) is 4.35. The van der Waals surface area contributed by atoms with Gasteiger partial charge in [-0.15, -0.1) is 0 Å². The first kappa shape index (κ1) is 14.8. The molecule has 5 heteroatoms. The number of carbonyl (C=O) groups is 1. The van der Waals surface area contributed by atoms with E-state index in [9.17, 15) is 9.90 Å². The van der Waals surface area contributed by atoms with Gasteiger partial charge in [-0.25, -0.2) is 4.68 Å². The zero-order valence-electron chi connectivity index (χ0n) is 12.7. The Balaban J connectivity index is 1.66. The predicted molar refractivity (Wildman–Crippen MR) is 84.0 cm³/mol. The normalized spacial score (nSPS) is 21.0. The molecule has 0 saturated heterocycles. The van der Waals surface area contributed by atoms with Crippen LogP contribution in [0.3, 0.4) is 0 Å². The fourth-order valence-corrected chi connectivity index (χ4v) is 2.97. The third-order valence-corrected chi connectivity index (χ3v) is 4.35. The van der Waals surface area contributed by atoms with E-state index in [1.54, 1.807) is 17.1 Å². The monoisotopic (exact) mass is 299 g/mol. The number of hydrogen-bond acceptors (Lipinski definition) is 3. The van der Waals surface area contributed by atoms with Gasteiger partial charge in [0.2, 0.25) is 0 Å². The number of carbonyl (C=O) groups excluding carboxylic acids is 1. The molecular formula is C17H21N3O2. The van der Waals surface area contributed by atoms with E-state index < -0.39 is 0 Å². The summed E-state index contributed by atoms with van der Waals surface area (Å²) in [5, 5.41) is 17.0. The molecule has 1 aromatic heterocycles. The third kappa shape index (κ3) is 3.04. The van der Waals surface area contributed by atoms with Gasteiger partial charge in [0.25, 0.3) is 5.91 Å². The summed E-state index contributed by atoms with van der Waals surface area (Å²) in [5.74, 6) is 0.0364. The standard InChI is InChI=1S/C17H21N3O2/c1-12-5-2-3-7-15(12)20-11-14(10-19-20)17(22)18-9-13-6-4-8-16(13)21/h2-3,5,7,10-11,13,16,21H,4,6,8-9H2,1H3,(H,18,22). The highest BCUT2D eigenvalue weighted by molar-refractivity contribution is 5.93. The molecule has 3 rings (SSSR count). The number of para-hydroxylation sites is 1. The van der Waals surface area contributed by atoms with Gasteiger partial charge in [-0.05, 0) is 31.4 Å². The van der Waals surface area contributed by atoms with Gasteiger partial charge in [-0.2, -0.15) is 5.10 Å². The van der Waals surface area contributed by atoms with E-state index in [2.05, 4.69) is 10.4 Å². The summed E-state index contributed by atoms with van der Waals surface area (Å²) in [6, 6.07) is 7.91. The maximum Gasteiger partial charge on any atom is 0.254 e. The van der Waals surface area contributed by atoms with Crippen LogP contribution in [-0.2, 0) is 0 Å². The average molecular weight is 299 g/mol. The fourth-order valence-electron chi connectivity index (χ4n) is 2.97. The number of amides is 1. The summed E-state index contributed by atoms with van der Waals surface area (Å²) in [4.78, 5) is 12.2. The number of aryl methyl sites for hydroxylation is 1. The van der Waals surface area contributed by atoms with Crippen molar-refractivity contribution in [3.8, 4) is 5.69 Å². The summed E-state index contributed by atoms with van der Waals surface area (Å²) in [7, 11) is 0. The van der Waals surface area contributed by atoms with Crippen LogP contribution in [0.2, 0.25) is 0 Å². The zero-order chi connectivity index (χ0) is 15.5. The molecule has 1 saturated carbocycles. The molecule has 2 unspecified atom stereocenters. The van der Waals surface area contributed by atoms with Crippen molar-refractivity contribution in [2.24, 2.45) is 5.92 Å². The minimum atomic E-state index is -0.282. The van der Waals surface area contributed by atoms with E-state index >= 15 is 0 Å². The number of benzene rings is 1. The van der Waals surface area contributed by atoms with Crippen molar-refractivity contribution in [3.05, 3.63) is 47.8 Å². The fraction of sp³-hybridized carbons (Fsp3) is 0.412. The highest BCUT2D eigenvalue weighted by Crippen LogP contribution is 2.24. The molecule has 1 heterocycles. The van der Waals surface area contributed by atoms with Crippen molar-refractivity contribution < 1.29 is 9.90 Å². The number of nitrogens with one attached hydrogen (secondary N) is 1. The van der Waals surface area contributed by atoms with E-state index in [1.807, 2.05) is 31.2 Å². The lowest BCUT2D eigenvalue weighted by Gasteiger charge is -2.14. The second-order valence-electron chi connectivity index (χ2n) is 5.93. The Morgan fingerprint density at radius 2 is 2.23 bits per heavy atom. The number of aliphatic hydroxyl groups is 1. The first-order chi connectivity index (χ1) is 10.6. The highest BCUT2D eigenvalue weighted by Gasteiger charge is 2.25. The Labute approximate surface area is 130 Å². The van der Waals surface area contributed by atoms with Crippen LogP contribution in [0, 0.1) is 12.8 Å². The largest absolute Gasteiger partial charge is 0.393 e. The van der Waals surface area contributed by atoms with Gasteiger partial charge in [0, 0.05) is 18.7 Å². The van der Waals surface area contributed by atoms with Crippen LogP contribution in [-0.4, -0.2) is 33.4 Å². The lowest BCUT2D eigenvalue weighted by molar-refractivity contribution is 0.0917. The quantitative estimate of drug-likeness (QED) is 0.908. The summed E-state index contributed by atoms with van der Waals surface area (Å²) >= 11 is 0. The molecule has 2 N–H and O–H groups in total. The van der Waals surface area contributed by atoms with Gasteiger partial charge in [0.05, 0.1) is 23.6 Å². The number of aliphatic hydroxyl groups excluding tert-OH is 1.